The molecule has 1 amide bonds. The highest BCUT2D eigenvalue weighted by Crippen LogP contribution is 2.11. The summed E-state index contributed by atoms with van der Waals surface area (Å²) in [6.45, 7) is 5.13. The Kier molecular flexibility index (Phi) is 5.65. The van der Waals surface area contributed by atoms with Gasteiger partial charge in [-0.3, -0.25) is 9.69 Å². The van der Waals surface area contributed by atoms with E-state index in [0.717, 1.165) is 11.0 Å². The molecule has 0 bridgehead atoms. The molecule has 0 radical (unpaired) electrons. The Morgan fingerprint density at radius 2 is 1.94 bits per heavy atom. The summed E-state index contributed by atoms with van der Waals surface area (Å²) in [6, 6.07) is 8.33. The molecular weight excluding hydrogens is 280 g/mol. The van der Waals surface area contributed by atoms with E-state index < -0.39 is 0 Å². The van der Waals surface area contributed by atoms with Gasteiger partial charge in [0.05, 0.1) is 6.54 Å². The summed E-state index contributed by atoms with van der Waals surface area (Å²) in [7, 11) is 1.95. The van der Waals surface area contributed by atoms with E-state index in [1.807, 2.05) is 37.9 Å². The normalized spacial score (nSPS) is 10.9. The van der Waals surface area contributed by atoms with Gasteiger partial charge in [0.25, 0.3) is 0 Å². The summed E-state index contributed by atoms with van der Waals surface area (Å²) < 4.78 is 1.07. The van der Waals surface area contributed by atoms with Crippen molar-refractivity contribution in [3.8, 4) is 0 Å². The second-order valence-corrected chi connectivity index (χ2v) is 5.44. The van der Waals surface area contributed by atoms with E-state index >= 15 is 0 Å². The lowest BCUT2D eigenvalue weighted by molar-refractivity contribution is -0.122. The first kappa shape index (κ1) is 14.2. The number of rotatable bonds is 5. The molecule has 0 atom stereocenters. The van der Waals surface area contributed by atoms with Crippen LogP contribution in [0.25, 0.3) is 0 Å². The summed E-state index contributed by atoms with van der Waals surface area (Å²) in [4.78, 5) is 13.5. The van der Waals surface area contributed by atoms with Gasteiger partial charge >= 0.3 is 0 Å². The Balaban J connectivity index is 2.41. The number of hydrogen-bond donors (Lipinski definition) is 1. The number of carbonyl (C=O) groups excluding carboxylic acids is 1. The predicted molar refractivity (Wildman–Crippen MR) is 73.8 cm³/mol. The van der Waals surface area contributed by atoms with Gasteiger partial charge in [-0.1, -0.05) is 28.1 Å². The number of nitrogens with one attached hydrogen (secondary N) is 1. The van der Waals surface area contributed by atoms with Crippen LogP contribution in [0.2, 0.25) is 0 Å². The lowest BCUT2D eigenvalue weighted by Crippen LogP contribution is -2.38. The standard InChI is InChI=1S/C13H19BrN2O/c1-10(2)15-13(17)9-16(3)8-11-4-6-12(14)7-5-11/h4-7,10H,8-9H2,1-3H3,(H,15,17). The number of hydrogen-bond acceptors (Lipinski definition) is 2. The molecule has 1 rings (SSSR count). The largest absolute Gasteiger partial charge is 0.353 e. The second kappa shape index (κ2) is 6.77. The summed E-state index contributed by atoms with van der Waals surface area (Å²) in [5.41, 5.74) is 1.20. The third-order valence-electron chi connectivity index (χ3n) is 2.23. The molecule has 0 heterocycles. The maximum absolute atomic E-state index is 11.5. The van der Waals surface area contributed by atoms with E-state index in [1.54, 1.807) is 0 Å². The van der Waals surface area contributed by atoms with Gasteiger partial charge in [-0.25, -0.2) is 0 Å². The number of carbonyl (C=O) groups is 1. The topological polar surface area (TPSA) is 32.3 Å². The van der Waals surface area contributed by atoms with Crippen molar-refractivity contribution in [3.63, 3.8) is 0 Å². The van der Waals surface area contributed by atoms with E-state index in [0.29, 0.717) is 6.54 Å². The number of halogens is 1. The number of amides is 1. The molecule has 4 heteroatoms. The van der Waals surface area contributed by atoms with Gasteiger partial charge in [0.1, 0.15) is 0 Å². The Morgan fingerprint density at radius 1 is 1.35 bits per heavy atom. The molecule has 1 N–H and O–H groups in total. The Bertz CT molecular complexity index is 362. The SMILES string of the molecule is CC(C)NC(=O)CN(C)Cc1ccc(Br)cc1. The van der Waals surface area contributed by atoms with Crippen LogP contribution in [0.15, 0.2) is 28.7 Å². The van der Waals surface area contributed by atoms with Crippen molar-refractivity contribution in [2.75, 3.05) is 13.6 Å². The molecule has 0 fully saturated rings. The van der Waals surface area contributed by atoms with Gasteiger partial charge in [0.15, 0.2) is 0 Å². The number of nitrogens with zero attached hydrogens (tertiary/aromatic N) is 1. The van der Waals surface area contributed by atoms with E-state index in [4.69, 9.17) is 0 Å². The smallest absolute Gasteiger partial charge is 0.234 e. The number of benzene rings is 1. The van der Waals surface area contributed by atoms with Crippen molar-refractivity contribution in [2.24, 2.45) is 0 Å². The molecule has 94 valence electrons. The van der Waals surface area contributed by atoms with Crippen LogP contribution in [0.4, 0.5) is 0 Å². The molecule has 0 spiro atoms. The van der Waals surface area contributed by atoms with E-state index in [2.05, 4.69) is 33.4 Å². The van der Waals surface area contributed by atoms with Crippen LogP contribution < -0.4 is 5.32 Å². The number of likely N-dealkylation sites (N-methyl/N-ethyl adjacent to an activating group) is 1. The monoisotopic (exact) mass is 298 g/mol. The van der Waals surface area contributed by atoms with Crippen molar-refractivity contribution in [3.05, 3.63) is 34.3 Å². The van der Waals surface area contributed by atoms with Gasteiger partial charge in [0, 0.05) is 17.1 Å². The van der Waals surface area contributed by atoms with Crippen molar-refractivity contribution >= 4 is 21.8 Å². The first-order valence-corrected chi connectivity index (χ1v) is 6.49. The Morgan fingerprint density at radius 3 is 2.47 bits per heavy atom. The molecule has 0 unspecified atom stereocenters. The van der Waals surface area contributed by atoms with Gasteiger partial charge in [-0.15, -0.1) is 0 Å². The minimum Gasteiger partial charge on any atom is -0.353 e. The molecule has 1 aromatic carbocycles. The molecule has 0 saturated carbocycles. The summed E-state index contributed by atoms with van der Waals surface area (Å²) in [5, 5.41) is 2.88. The molecular formula is C13H19BrN2O. The van der Waals surface area contributed by atoms with Crippen LogP contribution in [0.3, 0.4) is 0 Å². The van der Waals surface area contributed by atoms with Crippen LogP contribution in [0.1, 0.15) is 19.4 Å². The molecule has 0 aliphatic heterocycles. The molecule has 1 aromatic rings. The quantitative estimate of drug-likeness (QED) is 0.905. The zero-order chi connectivity index (χ0) is 12.8. The van der Waals surface area contributed by atoms with Gasteiger partial charge in [-0.2, -0.15) is 0 Å². The zero-order valence-corrected chi connectivity index (χ0v) is 12.1. The summed E-state index contributed by atoms with van der Waals surface area (Å²) in [6.07, 6.45) is 0. The predicted octanol–water partition coefficient (Wildman–Crippen LogP) is 2.41. The zero-order valence-electron chi connectivity index (χ0n) is 10.5. The van der Waals surface area contributed by atoms with Crippen molar-refractivity contribution in [1.29, 1.82) is 0 Å². The fourth-order valence-corrected chi connectivity index (χ4v) is 1.83. The van der Waals surface area contributed by atoms with Crippen LogP contribution in [0.5, 0.6) is 0 Å². The van der Waals surface area contributed by atoms with Gasteiger partial charge in [-0.05, 0) is 38.6 Å². The maximum atomic E-state index is 11.5. The summed E-state index contributed by atoms with van der Waals surface area (Å²) >= 11 is 3.40. The average molecular weight is 299 g/mol. The van der Waals surface area contributed by atoms with Crippen LogP contribution in [0, 0.1) is 0 Å². The molecule has 0 saturated heterocycles. The fourth-order valence-electron chi connectivity index (χ4n) is 1.57. The minimum absolute atomic E-state index is 0.0691. The molecule has 0 aliphatic carbocycles. The first-order chi connectivity index (χ1) is 7.97. The molecule has 3 nitrogen and oxygen atoms in total. The maximum Gasteiger partial charge on any atom is 0.234 e. The van der Waals surface area contributed by atoms with E-state index in [-0.39, 0.29) is 11.9 Å². The average Bonchev–Trinajstić information content (AvgIpc) is 2.19. The van der Waals surface area contributed by atoms with Gasteiger partial charge < -0.3 is 5.32 Å². The third-order valence-corrected chi connectivity index (χ3v) is 2.76. The molecule has 17 heavy (non-hydrogen) atoms. The highest BCUT2D eigenvalue weighted by Gasteiger charge is 2.07. The highest BCUT2D eigenvalue weighted by atomic mass is 79.9. The van der Waals surface area contributed by atoms with Crippen molar-refractivity contribution in [2.45, 2.75) is 26.4 Å². The van der Waals surface area contributed by atoms with E-state index in [1.165, 1.54) is 5.56 Å². The second-order valence-electron chi connectivity index (χ2n) is 4.52. The lowest BCUT2D eigenvalue weighted by atomic mass is 10.2. The Hall–Kier alpha value is -0.870. The Labute approximate surface area is 111 Å². The minimum atomic E-state index is 0.0691. The first-order valence-electron chi connectivity index (χ1n) is 5.69. The van der Waals surface area contributed by atoms with Crippen molar-refractivity contribution in [1.82, 2.24) is 10.2 Å². The lowest BCUT2D eigenvalue weighted by Gasteiger charge is -2.17. The van der Waals surface area contributed by atoms with Crippen LogP contribution >= 0.6 is 15.9 Å². The van der Waals surface area contributed by atoms with Crippen LogP contribution in [-0.2, 0) is 11.3 Å². The third kappa shape index (κ3) is 5.84. The van der Waals surface area contributed by atoms with E-state index in [9.17, 15) is 4.79 Å². The summed E-state index contributed by atoms with van der Waals surface area (Å²) in [5.74, 6) is 0.0691. The van der Waals surface area contributed by atoms with Crippen molar-refractivity contribution < 1.29 is 4.79 Å². The molecule has 0 aromatic heterocycles. The fraction of sp³-hybridized carbons (Fsp3) is 0.462. The van der Waals surface area contributed by atoms with Crippen LogP contribution in [-0.4, -0.2) is 30.4 Å². The molecule has 0 aliphatic rings. The van der Waals surface area contributed by atoms with Gasteiger partial charge in [0.2, 0.25) is 5.91 Å². The highest BCUT2D eigenvalue weighted by molar-refractivity contribution is 9.10.